The van der Waals surface area contributed by atoms with Gasteiger partial charge in [-0.15, -0.1) is 5.10 Å². The van der Waals surface area contributed by atoms with Crippen LogP contribution in [-0.2, 0) is 26.4 Å². The summed E-state index contributed by atoms with van der Waals surface area (Å²) in [5, 5.41) is 8.50. The zero-order valence-electron chi connectivity index (χ0n) is 22.8. The van der Waals surface area contributed by atoms with Crippen molar-refractivity contribution in [3.05, 3.63) is 125 Å². The molecule has 4 aromatic rings. The number of carbonyl (C=O) groups excluding carboxylic acids is 2. The Morgan fingerprint density at radius 3 is 2.05 bits per heavy atom. The first kappa shape index (κ1) is 27.2. The summed E-state index contributed by atoms with van der Waals surface area (Å²) in [4.78, 5) is 27.2. The fourth-order valence-electron chi connectivity index (χ4n) is 5.55. The first-order chi connectivity index (χ1) is 19.6. The van der Waals surface area contributed by atoms with Gasteiger partial charge in [0.15, 0.2) is 5.78 Å². The smallest absolute Gasteiger partial charge is 0.305 e. The number of benzene rings is 3. The van der Waals surface area contributed by atoms with Crippen molar-refractivity contribution in [3.8, 4) is 0 Å². The molecule has 2 heterocycles. The van der Waals surface area contributed by atoms with E-state index in [1.54, 1.807) is 11.6 Å². The molecule has 40 heavy (non-hydrogen) atoms. The van der Waals surface area contributed by atoms with E-state index in [-0.39, 0.29) is 11.8 Å². The van der Waals surface area contributed by atoms with Crippen LogP contribution in [0.25, 0.3) is 6.08 Å². The molecule has 3 aromatic carbocycles. The summed E-state index contributed by atoms with van der Waals surface area (Å²) in [6.07, 6.45) is 5.03. The van der Waals surface area contributed by atoms with Crippen molar-refractivity contribution in [2.75, 3.05) is 19.7 Å². The second-order valence-electron chi connectivity index (χ2n) is 9.89. The lowest BCUT2D eigenvalue weighted by Crippen LogP contribution is -2.52. The first-order valence-corrected chi connectivity index (χ1v) is 13.8. The molecule has 0 unspecified atom stereocenters. The van der Waals surface area contributed by atoms with Gasteiger partial charge in [-0.25, -0.2) is 0 Å². The maximum Gasteiger partial charge on any atom is 0.305 e. The lowest BCUT2D eigenvalue weighted by atomic mass is 9.74. The first-order valence-electron chi connectivity index (χ1n) is 13.8. The third-order valence-electron chi connectivity index (χ3n) is 7.33. The van der Waals surface area contributed by atoms with Gasteiger partial charge >= 0.3 is 5.97 Å². The predicted octanol–water partition coefficient (Wildman–Crippen LogP) is 5.27. The van der Waals surface area contributed by atoms with Crippen LogP contribution >= 0.6 is 0 Å². The number of ketones is 1. The van der Waals surface area contributed by atoms with Gasteiger partial charge in [-0.05, 0) is 36.1 Å². The van der Waals surface area contributed by atoms with E-state index in [1.807, 2.05) is 30.5 Å². The second kappa shape index (κ2) is 12.7. The van der Waals surface area contributed by atoms with Crippen LogP contribution in [0.15, 0.2) is 103 Å². The fraction of sp³-hybridized carbons (Fsp3) is 0.273. The number of nitrogens with zero attached hydrogens (tertiary/aromatic N) is 4. The number of hydrogen-bond acceptors (Lipinski definition) is 6. The molecule has 0 atom stereocenters. The number of aryl methyl sites for hydroxylation is 1. The molecule has 1 aromatic heterocycles. The second-order valence-corrected chi connectivity index (χ2v) is 9.89. The van der Waals surface area contributed by atoms with Crippen LogP contribution < -0.4 is 0 Å². The number of rotatable bonds is 10. The van der Waals surface area contributed by atoms with Gasteiger partial charge in [-0.3, -0.25) is 19.2 Å². The van der Waals surface area contributed by atoms with E-state index in [0.717, 1.165) is 16.7 Å². The number of carbonyl (C=O) groups is 2. The molecular weight excluding hydrogens is 500 g/mol. The number of likely N-dealkylation sites (tertiary alicyclic amines) is 1. The Balaban J connectivity index is 1.48. The number of Topliss-reactive ketones (excluding diaryl/α,β-unsaturated/α-hetero) is 1. The van der Waals surface area contributed by atoms with Crippen LogP contribution in [0.2, 0.25) is 0 Å². The van der Waals surface area contributed by atoms with Gasteiger partial charge in [0.05, 0.1) is 18.3 Å². The third kappa shape index (κ3) is 5.80. The minimum absolute atomic E-state index is 0.121. The molecule has 7 heteroatoms. The minimum Gasteiger partial charge on any atom is -0.466 e. The van der Waals surface area contributed by atoms with E-state index in [1.165, 1.54) is 0 Å². The number of esters is 1. The van der Waals surface area contributed by atoms with E-state index in [4.69, 9.17) is 4.74 Å². The number of piperidine rings is 1. The monoisotopic (exact) mass is 534 g/mol. The van der Waals surface area contributed by atoms with Crippen molar-refractivity contribution in [1.29, 1.82) is 0 Å². The molecule has 7 nitrogen and oxygen atoms in total. The highest BCUT2D eigenvalue weighted by atomic mass is 16.5. The van der Waals surface area contributed by atoms with Gasteiger partial charge in [-0.1, -0.05) is 96.2 Å². The van der Waals surface area contributed by atoms with Crippen LogP contribution in [-0.4, -0.2) is 51.3 Å². The van der Waals surface area contributed by atoms with Gasteiger partial charge in [0.2, 0.25) is 0 Å². The van der Waals surface area contributed by atoms with Gasteiger partial charge in [0, 0.05) is 38.0 Å². The van der Waals surface area contributed by atoms with Gasteiger partial charge in [0.25, 0.3) is 0 Å². The highest BCUT2D eigenvalue weighted by molar-refractivity contribution is 6.00. The molecule has 1 saturated heterocycles. The van der Waals surface area contributed by atoms with Crippen LogP contribution in [0, 0.1) is 0 Å². The Labute approximate surface area is 235 Å². The molecule has 1 aliphatic rings. The zero-order valence-corrected chi connectivity index (χ0v) is 22.8. The minimum atomic E-state index is -0.589. The van der Waals surface area contributed by atoms with Crippen molar-refractivity contribution >= 4 is 17.8 Å². The van der Waals surface area contributed by atoms with Crippen molar-refractivity contribution in [2.24, 2.45) is 0 Å². The molecule has 0 bridgehead atoms. The fourth-order valence-corrected chi connectivity index (χ4v) is 5.55. The molecule has 0 amide bonds. The van der Waals surface area contributed by atoms with E-state index < -0.39 is 5.54 Å². The molecule has 0 radical (unpaired) electrons. The average Bonchev–Trinajstić information content (AvgIpc) is 3.44. The van der Waals surface area contributed by atoms with E-state index in [2.05, 4.69) is 88.0 Å². The molecule has 0 spiro atoms. The molecule has 0 saturated carbocycles. The highest BCUT2D eigenvalue weighted by Crippen LogP contribution is 2.43. The zero-order chi connectivity index (χ0) is 27.8. The average molecular weight is 535 g/mol. The van der Waals surface area contributed by atoms with Crippen LogP contribution in [0.1, 0.15) is 48.6 Å². The molecule has 5 rings (SSSR count). The highest BCUT2D eigenvalue weighted by Gasteiger charge is 2.44. The van der Waals surface area contributed by atoms with E-state index in [0.29, 0.717) is 56.8 Å². The quantitative estimate of drug-likeness (QED) is 0.157. The molecule has 0 aliphatic carbocycles. The molecule has 1 aliphatic heterocycles. The van der Waals surface area contributed by atoms with Crippen LogP contribution in [0.3, 0.4) is 0 Å². The number of hydrogen-bond donors (Lipinski definition) is 0. The lowest BCUT2D eigenvalue weighted by Gasteiger charge is -2.47. The van der Waals surface area contributed by atoms with Crippen molar-refractivity contribution < 1.29 is 14.3 Å². The standard InChI is InChI=1S/C33H34N4O3/c1-2-40-32(39)19-12-21-37-25-30(34-35-37)23-26-24-36(22-20-31(26)38)33(27-13-6-3-7-14-27,28-15-8-4-9-16-28)29-17-10-5-11-18-29/h3-11,13-18,23,25H,2,12,19-22,24H2,1H3. The summed E-state index contributed by atoms with van der Waals surface area (Å²) in [5.41, 5.74) is 4.19. The van der Waals surface area contributed by atoms with Gasteiger partial charge in [-0.2, -0.15) is 0 Å². The SMILES string of the molecule is CCOC(=O)CCCn1cc(C=C2CN(C(c3ccccc3)(c3ccccc3)c3ccccc3)CCC2=O)nn1. The number of ether oxygens (including phenoxy) is 1. The van der Waals surface area contributed by atoms with Crippen molar-refractivity contribution in [3.63, 3.8) is 0 Å². The topological polar surface area (TPSA) is 77.3 Å². The Morgan fingerprint density at radius 1 is 0.925 bits per heavy atom. The largest absolute Gasteiger partial charge is 0.466 e. The lowest BCUT2D eigenvalue weighted by molar-refractivity contribution is -0.143. The summed E-state index contributed by atoms with van der Waals surface area (Å²) < 4.78 is 6.70. The van der Waals surface area contributed by atoms with Gasteiger partial charge < -0.3 is 4.74 Å². The Hall–Kier alpha value is -4.36. The Kier molecular flexibility index (Phi) is 8.62. The van der Waals surface area contributed by atoms with Crippen molar-refractivity contribution in [2.45, 2.75) is 38.3 Å². The normalized spacial score (nSPS) is 15.3. The van der Waals surface area contributed by atoms with E-state index >= 15 is 0 Å². The maximum absolute atomic E-state index is 13.2. The number of aromatic nitrogens is 3. The summed E-state index contributed by atoms with van der Waals surface area (Å²) in [5.74, 6) is -0.0900. The summed E-state index contributed by atoms with van der Waals surface area (Å²) in [6, 6.07) is 31.5. The predicted molar refractivity (Wildman–Crippen MR) is 154 cm³/mol. The van der Waals surface area contributed by atoms with E-state index in [9.17, 15) is 9.59 Å². The Bertz CT molecular complexity index is 1350. The Morgan fingerprint density at radius 2 is 1.50 bits per heavy atom. The molecular formula is C33H34N4O3. The molecule has 1 fully saturated rings. The third-order valence-corrected chi connectivity index (χ3v) is 7.33. The van der Waals surface area contributed by atoms with Crippen molar-refractivity contribution in [1.82, 2.24) is 19.9 Å². The van der Waals surface area contributed by atoms with Gasteiger partial charge in [0.1, 0.15) is 5.69 Å². The van der Waals surface area contributed by atoms with Crippen LogP contribution in [0.5, 0.6) is 0 Å². The molecule has 204 valence electrons. The van der Waals surface area contributed by atoms with Crippen LogP contribution in [0.4, 0.5) is 0 Å². The maximum atomic E-state index is 13.2. The summed E-state index contributed by atoms with van der Waals surface area (Å²) in [6.45, 7) is 3.81. The summed E-state index contributed by atoms with van der Waals surface area (Å²) in [7, 11) is 0. The summed E-state index contributed by atoms with van der Waals surface area (Å²) >= 11 is 0. The molecule has 0 N–H and O–H groups in total.